The van der Waals surface area contributed by atoms with E-state index in [2.05, 4.69) is 0 Å². The average Bonchev–Trinajstić information content (AvgIpc) is 2.30. The van der Waals surface area contributed by atoms with Crippen molar-refractivity contribution in [2.45, 2.75) is 6.54 Å². The Kier molecular flexibility index (Phi) is 2.96. The number of hydrogen-bond donors (Lipinski definition) is 1. The maximum atomic E-state index is 10.8. The number of aromatic nitrogens is 1. The van der Waals surface area contributed by atoms with E-state index in [9.17, 15) is 4.79 Å². The first-order chi connectivity index (χ1) is 7.75. The predicted octanol–water partition coefficient (Wildman–Crippen LogP) is 1.13. The van der Waals surface area contributed by atoms with E-state index in [0.717, 1.165) is 11.1 Å². The summed E-state index contributed by atoms with van der Waals surface area (Å²) in [5, 5.41) is 0. The number of nitrogens with zero attached hydrogens (tertiary/aromatic N) is 1. The van der Waals surface area contributed by atoms with E-state index in [1.54, 1.807) is 4.57 Å². The van der Waals surface area contributed by atoms with Gasteiger partial charge in [-0.1, -0.05) is 30.3 Å². The number of rotatable bonds is 3. The number of benzene rings is 1. The number of carbonyl (C=O) groups excluding carboxylic acids is 1. The molecule has 0 radical (unpaired) electrons. The molecule has 0 bridgehead atoms. The molecule has 2 N–H and O–H groups in total. The molecule has 3 heteroatoms. The number of carbonyl (C=O) groups is 1. The number of primary amides is 1. The molecule has 0 saturated carbocycles. The van der Waals surface area contributed by atoms with Crippen LogP contribution in [-0.2, 0) is 11.3 Å². The molecule has 1 heterocycles. The molecule has 1 aromatic carbocycles. The fraction of sp³-hybridized carbons (Fsp3) is 0.0769. The van der Waals surface area contributed by atoms with E-state index >= 15 is 0 Å². The number of amides is 1. The van der Waals surface area contributed by atoms with Crippen molar-refractivity contribution in [3.63, 3.8) is 0 Å². The van der Waals surface area contributed by atoms with Gasteiger partial charge in [0.25, 0.3) is 5.91 Å². The minimum absolute atomic E-state index is 0.209. The second kappa shape index (κ2) is 4.57. The molecule has 0 aliphatic carbocycles. The predicted molar refractivity (Wildman–Crippen MR) is 61.3 cm³/mol. The lowest BCUT2D eigenvalue weighted by molar-refractivity contribution is -0.683. The molecule has 0 saturated heterocycles. The minimum atomic E-state index is -0.338. The van der Waals surface area contributed by atoms with Crippen LogP contribution in [-0.4, -0.2) is 5.91 Å². The van der Waals surface area contributed by atoms with Crippen LogP contribution in [0.4, 0.5) is 0 Å². The lowest BCUT2D eigenvalue weighted by atomic mass is 10.1. The number of hydrogen-bond acceptors (Lipinski definition) is 1. The smallest absolute Gasteiger partial charge is 0.283 e. The van der Waals surface area contributed by atoms with Gasteiger partial charge in [0, 0.05) is 11.6 Å². The summed E-state index contributed by atoms with van der Waals surface area (Å²) in [5.74, 6) is -0.338. The van der Waals surface area contributed by atoms with Gasteiger partial charge in [-0.15, -0.1) is 0 Å². The molecular weight excluding hydrogens is 200 g/mol. The molecule has 0 atom stereocenters. The van der Waals surface area contributed by atoms with Gasteiger partial charge in [0.1, 0.15) is 0 Å². The van der Waals surface area contributed by atoms with E-state index in [0.29, 0.717) is 0 Å². The zero-order chi connectivity index (χ0) is 11.4. The van der Waals surface area contributed by atoms with E-state index in [1.807, 2.05) is 54.9 Å². The molecule has 0 unspecified atom stereocenters. The Bertz CT molecular complexity index is 494. The lowest BCUT2D eigenvalue weighted by Gasteiger charge is -1.99. The van der Waals surface area contributed by atoms with Gasteiger partial charge in [-0.3, -0.25) is 4.79 Å². The highest BCUT2D eigenvalue weighted by Gasteiger charge is 2.06. The zero-order valence-corrected chi connectivity index (χ0v) is 8.84. The maximum absolute atomic E-state index is 10.8. The first-order valence-corrected chi connectivity index (χ1v) is 5.08. The van der Waals surface area contributed by atoms with Crippen molar-refractivity contribution in [1.29, 1.82) is 0 Å². The Morgan fingerprint density at radius 2 is 1.75 bits per heavy atom. The highest BCUT2D eigenvalue weighted by molar-refractivity contribution is 5.72. The van der Waals surface area contributed by atoms with Crippen molar-refractivity contribution in [2.75, 3.05) is 0 Å². The van der Waals surface area contributed by atoms with E-state index in [4.69, 9.17) is 5.73 Å². The van der Waals surface area contributed by atoms with Crippen molar-refractivity contribution in [3.8, 4) is 11.1 Å². The summed E-state index contributed by atoms with van der Waals surface area (Å²) in [5.41, 5.74) is 7.35. The molecular formula is C13H13N2O+. The normalized spacial score (nSPS) is 10.0. The van der Waals surface area contributed by atoms with Crippen LogP contribution in [0.25, 0.3) is 11.1 Å². The molecule has 80 valence electrons. The van der Waals surface area contributed by atoms with Gasteiger partial charge in [0.2, 0.25) is 6.54 Å². The van der Waals surface area contributed by atoms with Crippen LogP contribution in [0.15, 0.2) is 54.9 Å². The van der Waals surface area contributed by atoms with Crippen molar-refractivity contribution in [3.05, 3.63) is 54.9 Å². The van der Waals surface area contributed by atoms with Crippen LogP contribution >= 0.6 is 0 Å². The van der Waals surface area contributed by atoms with Crippen molar-refractivity contribution in [1.82, 2.24) is 0 Å². The molecule has 1 aromatic heterocycles. The second-order valence-electron chi connectivity index (χ2n) is 3.60. The summed E-state index contributed by atoms with van der Waals surface area (Å²) in [6, 6.07) is 13.9. The van der Waals surface area contributed by atoms with Crippen LogP contribution in [0.5, 0.6) is 0 Å². The first-order valence-electron chi connectivity index (χ1n) is 5.08. The quantitative estimate of drug-likeness (QED) is 0.763. The lowest BCUT2D eigenvalue weighted by Crippen LogP contribution is -2.40. The molecule has 0 spiro atoms. The van der Waals surface area contributed by atoms with Crippen LogP contribution in [0.2, 0.25) is 0 Å². The highest BCUT2D eigenvalue weighted by Crippen LogP contribution is 2.15. The molecule has 3 nitrogen and oxygen atoms in total. The van der Waals surface area contributed by atoms with E-state index < -0.39 is 0 Å². The van der Waals surface area contributed by atoms with Gasteiger partial charge in [-0.25, -0.2) is 0 Å². The SMILES string of the molecule is NC(=O)C[n+]1cccc(-c2ccccc2)c1. The maximum Gasteiger partial charge on any atom is 0.283 e. The molecule has 0 aliphatic rings. The summed E-state index contributed by atoms with van der Waals surface area (Å²) in [7, 11) is 0. The summed E-state index contributed by atoms with van der Waals surface area (Å²) < 4.78 is 1.78. The van der Waals surface area contributed by atoms with E-state index in [-0.39, 0.29) is 12.5 Å². The van der Waals surface area contributed by atoms with Gasteiger partial charge in [-0.2, -0.15) is 4.57 Å². The number of nitrogens with two attached hydrogens (primary N) is 1. The summed E-state index contributed by atoms with van der Waals surface area (Å²) in [6.45, 7) is 0.209. The molecule has 2 rings (SSSR count). The largest absolute Gasteiger partial charge is 0.364 e. The van der Waals surface area contributed by atoms with Crippen LogP contribution in [0.3, 0.4) is 0 Å². The average molecular weight is 213 g/mol. The minimum Gasteiger partial charge on any atom is -0.364 e. The fourth-order valence-electron chi connectivity index (χ4n) is 1.60. The van der Waals surface area contributed by atoms with Crippen molar-refractivity contribution in [2.24, 2.45) is 5.73 Å². The molecule has 0 fully saturated rings. The van der Waals surface area contributed by atoms with Gasteiger partial charge in [0.05, 0.1) is 0 Å². The molecule has 2 aromatic rings. The summed E-state index contributed by atoms with van der Waals surface area (Å²) in [6.07, 6.45) is 3.75. The highest BCUT2D eigenvalue weighted by atomic mass is 16.1. The van der Waals surface area contributed by atoms with E-state index in [1.165, 1.54) is 0 Å². The summed E-state index contributed by atoms with van der Waals surface area (Å²) in [4.78, 5) is 10.8. The van der Waals surface area contributed by atoms with Crippen molar-refractivity contribution >= 4 is 5.91 Å². The van der Waals surface area contributed by atoms with Gasteiger partial charge in [-0.05, 0) is 11.6 Å². The van der Waals surface area contributed by atoms with Crippen LogP contribution < -0.4 is 10.3 Å². The van der Waals surface area contributed by atoms with Crippen LogP contribution in [0, 0.1) is 0 Å². The second-order valence-corrected chi connectivity index (χ2v) is 3.60. The number of pyridine rings is 1. The van der Waals surface area contributed by atoms with Gasteiger partial charge < -0.3 is 5.73 Å². The molecule has 0 aliphatic heterocycles. The topological polar surface area (TPSA) is 47.0 Å². The monoisotopic (exact) mass is 213 g/mol. The third-order valence-electron chi connectivity index (χ3n) is 2.30. The Morgan fingerprint density at radius 1 is 1.06 bits per heavy atom. The third-order valence-corrected chi connectivity index (χ3v) is 2.30. The third kappa shape index (κ3) is 2.45. The molecule has 1 amide bonds. The van der Waals surface area contributed by atoms with Crippen LogP contribution in [0.1, 0.15) is 0 Å². The molecule has 16 heavy (non-hydrogen) atoms. The van der Waals surface area contributed by atoms with Gasteiger partial charge in [0.15, 0.2) is 12.4 Å². The summed E-state index contributed by atoms with van der Waals surface area (Å²) >= 11 is 0. The first kappa shape index (κ1) is 10.4. The van der Waals surface area contributed by atoms with Crippen molar-refractivity contribution < 1.29 is 9.36 Å². The standard InChI is InChI=1S/C13H12N2O/c14-13(16)10-15-8-4-7-12(9-15)11-5-2-1-3-6-11/h1-9H,10H2,(H-,14,16)/p+1. The Morgan fingerprint density at radius 3 is 2.44 bits per heavy atom. The Hall–Kier alpha value is -2.16. The Labute approximate surface area is 94.1 Å². The Balaban J connectivity index is 2.33. The zero-order valence-electron chi connectivity index (χ0n) is 8.84. The fourth-order valence-corrected chi connectivity index (χ4v) is 1.60. The van der Waals surface area contributed by atoms with Gasteiger partial charge >= 0.3 is 0 Å².